The summed E-state index contributed by atoms with van der Waals surface area (Å²) in [5.41, 5.74) is 0.148. The van der Waals surface area contributed by atoms with Crippen LogP contribution in [0.3, 0.4) is 0 Å². The molecule has 0 unspecified atom stereocenters. The first kappa shape index (κ1) is 22.6. The number of piperidine rings is 1. The molecule has 29 heavy (non-hydrogen) atoms. The van der Waals surface area contributed by atoms with E-state index in [1.54, 1.807) is 16.8 Å². The number of carbonyl (C=O) groups excluding carboxylic acids is 3. The number of likely N-dealkylation sites (tertiary alicyclic amines) is 1. The Labute approximate surface area is 171 Å². The van der Waals surface area contributed by atoms with Gasteiger partial charge in [0.2, 0.25) is 11.8 Å². The molecule has 2 rings (SSSR count). The van der Waals surface area contributed by atoms with E-state index in [0.29, 0.717) is 44.6 Å². The van der Waals surface area contributed by atoms with Gasteiger partial charge >= 0.3 is 0 Å². The van der Waals surface area contributed by atoms with Crippen LogP contribution in [0.5, 0.6) is 0 Å². The molecule has 1 saturated heterocycles. The maximum absolute atomic E-state index is 12.9. The normalized spacial score (nSPS) is 14.6. The highest BCUT2D eigenvalue weighted by Gasteiger charge is 2.27. The van der Waals surface area contributed by atoms with Gasteiger partial charge in [0.1, 0.15) is 5.69 Å². The van der Waals surface area contributed by atoms with Crippen molar-refractivity contribution in [1.82, 2.24) is 14.4 Å². The molecule has 0 aromatic carbocycles. The van der Waals surface area contributed by atoms with E-state index in [0.717, 1.165) is 12.8 Å². The number of rotatable bonds is 7. The molecule has 0 spiro atoms. The molecule has 1 N–H and O–H groups in total. The van der Waals surface area contributed by atoms with Crippen LogP contribution >= 0.6 is 0 Å². The Morgan fingerprint density at radius 2 is 1.72 bits per heavy atom. The van der Waals surface area contributed by atoms with E-state index < -0.39 is 0 Å². The molecule has 8 heteroatoms. The van der Waals surface area contributed by atoms with Crippen LogP contribution in [0.15, 0.2) is 17.1 Å². The summed E-state index contributed by atoms with van der Waals surface area (Å²) in [6, 6.07) is 1.48. The highest BCUT2D eigenvalue weighted by molar-refractivity contribution is 5.97. The second-order valence-electron chi connectivity index (χ2n) is 7.62. The molecule has 3 amide bonds. The van der Waals surface area contributed by atoms with Crippen LogP contribution in [0.2, 0.25) is 0 Å². The number of nitrogens with zero attached hydrogens (tertiary/aromatic N) is 3. The van der Waals surface area contributed by atoms with Gasteiger partial charge < -0.3 is 19.7 Å². The van der Waals surface area contributed by atoms with Gasteiger partial charge in [0.15, 0.2) is 0 Å². The van der Waals surface area contributed by atoms with E-state index in [1.807, 2.05) is 13.8 Å². The number of aromatic nitrogens is 1. The largest absolute Gasteiger partial charge is 0.343 e. The molecule has 1 aromatic heterocycles. The predicted octanol–water partition coefficient (Wildman–Crippen LogP) is 1.84. The topological polar surface area (TPSA) is 91.7 Å². The number of nitrogens with one attached hydrogen (secondary N) is 1. The zero-order chi connectivity index (χ0) is 21.6. The summed E-state index contributed by atoms with van der Waals surface area (Å²) in [6.45, 7) is 7.91. The minimum absolute atomic E-state index is 0.00709. The van der Waals surface area contributed by atoms with Crippen LogP contribution in [0, 0.1) is 5.92 Å². The van der Waals surface area contributed by atoms with Gasteiger partial charge in [-0.2, -0.15) is 0 Å². The first-order valence-electron chi connectivity index (χ1n) is 10.3. The third-order valence-electron chi connectivity index (χ3n) is 5.27. The standard InChI is InChI=1S/C21H32N4O4/c1-5-9-25(10-6-2)20(28)17-13-18(21(29)23(4)14-17)22-19(27)16-7-11-24(12-8-16)15(3)26/h13-14,16H,5-12H2,1-4H3,(H,22,27). The smallest absolute Gasteiger partial charge is 0.274 e. The highest BCUT2D eigenvalue weighted by atomic mass is 16.2. The Balaban J connectivity index is 2.17. The first-order chi connectivity index (χ1) is 13.8. The average Bonchev–Trinajstić information content (AvgIpc) is 2.70. The van der Waals surface area contributed by atoms with Crippen LogP contribution in [-0.4, -0.2) is 58.3 Å². The van der Waals surface area contributed by atoms with Crippen molar-refractivity contribution in [3.05, 3.63) is 28.2 Å². The van der Waals surface area contributed by atoms with Crippen LogP contribution in [-0.2, 0) is 16.6 Å². The quantitative estimate of drug-likeness (QED) is 0.751. The molecule has 0 atom stereocenters. The Bertz CT molecular complexity index is 803. The third kappa shape index (κ3) is 5.68. The van der Waals surface area contributed by atoms with Crippen molar-refractivity contribution in [3.63, 3.8) is 0 Å². The molecule has 1 aliphatic rings. The number of hydrogen-bond donors (Lipinski definition) is 1. The fraction of sp³-hybridized carbons (Fsp3) is 0.619. The van der Waals surface area contributed by atoms with Crippen molar-refractivity contribution in [2.24, 2.45) is 13.0 Å². The Kier molecular flexibility index (Phi) is 7.99. The number of amides is 3. The summed E-state index contributed by atoms with van der Waals surface area (Å²) in [6.07, 6.45) is 4.33. The number of hydrogen-bond acceptors (Lipinski definition) is 4. The molecule has 0 radical (unpaired) electrons. The summed E-state index contributed by atoms with van der Waals surface area (Å²) in [5, 5.41) is 2.72. The third-order valence-corrected chi connectivity index (χ3v) is 5.27. The summed E-state index contributed by atoms with van der Waals surface area (Å²) in [7, 11) is 1.57. The van der Waals surface area contributed by atoms with Gasteiger partial charge in [-0.25, -0.2) is 0 Å². The van der Waals surface area contributed by atoms with E-state index in [4.69, 9.17) is 0 Å². The van der Waals surface area contributed by atoms with Crippen molar-refractivity contribution in [2.45, 2.75) is 46.5 Å². The molecule has 1 fully saturated rings. The molecule has 0 saturated carbocycles. The summed E-state index contributed by atoms with van der Waals surface area (Å²) < 4.78 is 1.33. The highest BCUT2D eigenvalue weighted by Crippen LogP contribution is 2.19. The average molecular weight is 405 g/mol. The molecule has 8 nitrogen and oxygen atoms in total. The minimum Gasteiger partial charge on any atom is -0.343 e. The Morgan fingerprint density at radius 3 is 2.24 bits per heavy atom. The van der Waals surface area contributed by atoms with Crippen LogP contribution in [0.4, 0.5) is 5.69 Å². The molecular weight excluding hydrogens is 372 g/mol. The van der Waals surface area contributed by atoms with Crippen molar-refractivity contribution in [3.8, 4) is 0 Å². The van der Waals surface area contributed by atoms with E-state index in [2.05, 4.69) is 5.32 Å². The minimum atomic E-state index is -0.353. The molecule has 0 aliphatic carbocycles. The lowest BCUT2D eigenvalue weighted by Crippen LogP contribution is -2.41. The van der Waals surface area contributed by atoms with Gasteiger partial charge in [-0.05, 0) is 31.7 Å². The zero-order valence-electron chi connectivity index (χ0n) is 17.9. The lowest BCUT2D eigenvalue weighted by Gasteiger charge is -2.30. The second kappa shape index (κ2) is 10.2. The molecule has 160 valence electrons. The summed E-state index contributed by atoms with van der Waals surface area (Å²) in [4.78, 5) is 53.0. The summed E-state index contributed by atoms with van der Waals surface area (Å²) in [5.74, 6) is -0.637. The number of carbonyl (C=O) groups is 3. The van der Waals surface area contributed by atoms with Crippen LogP contribution < -0.4 is 10.9 Å². The second-order valence-corrected chi connectivity index (χ2v) is 7.62. The number of anilines is 1. The number of pyridine rings is 1. The molecular formula is C21H32N4O4. The lowest BCUT2D eigenvalue weighted by molar-refractivity contribution is -0.132. The van der Waals surface area contributed by atoms with Crippen LogP contribution in [0.1, 0.15) is 56.8 Å². The van der Waals surface area contributed by atoms with Crippen molar-refractivity contribution >= 4 is 23.4 Å². The summed E-state index contributed by atoms with van der Waals surface area (Å²) >= 11 is 0. The SMILES string of the molecule is CCCN(CCC)C(=O)c1cc(NC(=O)C2CCN(C(C)=O)CC2)c(=O)n(C)c1. The molecule has 1 aliphatic heterocycles. The van der Waals surface area contributed by atoms with Crippen LogP contribution in [0.25, 0.3) is 0 Å². The van der Waals surface area contributed by atoms with Crippen molar-refractivity contribution in [2.75, 3.05) is 31.5 Å². The molecule has 1 aromatic rings. The van der Waals surface area contributed by atoms with Gasteiger partial charge in [0.05, 0.1) is 5.56 Å². The van der Waals surface area contributed by atoms with E-state index in [1.165, 1.54) is 23.8 Å². The lowest BCUT2D eigenvalue weighted by atomic mass is 9.96. The monoisotopic (exact) mass is 404 g/mol. The van der Waals surface area contributed by atoms with Gasteiger partial charge in [-0.3, -0.25) is 19.2 Å². The zero-order valence-corrected chi connectivity index (χ0v) is 17.9. The molecule has 2 heterocycles. The number of aryl methyl sites for hydroxylation is 1. The predicted molar refractivity (Wildman–Crippen MR) is 112 cm³/mol. The Hall–Kier alpha value is -2.64. The first-order valence-corrected chi connectivity index (χ1v) is 10.3. The van der Waals surface area contributed by atoms with Gasteiger partial charge in [-0.15, -0.1) is 0 Å². The van der Waals surface area contributed by atoms with E-state index in [-0.39, 0.29) is 34.9 Å². The van der Waals surface area contributed by atoms with E-state index in [9.17, 15) is 19.2 Å². The van der Waals surface area contributed by atoms with Gasteiger partial charge in [0, 0.05) is 52.3 Å². The van der Waals surface area contributed by atoms with Gasteiger partial charge in [0.25, 0.3) is 11.5 Å². The molecule has 0 bridgehead atoms. The van der Waals surface area contributed by atoms with Crippen molar-refractivity contribution < 1.29 is 14.4 Å². The fourth-order valence-corrected chi connectivity index (χ4v) is 3.65. The Morgan fingerprint density at radius 1 is 1.14 bits per heavy atom. The fourth-order valence-electron chi connectivity index (χ4n) is 3.65. The van der Waals surface area contributed by atoms with Gasteiger partial charge in [-0.1, -0.05) is 13.8 Å². The van der Waals surface area contributed by atoms with Crippen molar-refractivity contribution in [1.29, 1.82) is 0 Å². The maximum atomic E-state index is 12.9. The van der Waals surface area contributed by atoms with E-state index >= 15 is 0 Å². The maximum Gasteiger partial charge on any atom is 0.274 e.